The monoisotopic (exact) mass is 337 g/mol. The van der Waals surface area contributed by atoms with Crippen molar-refractivity contribution in [2.75, 3.05) is 11.4 Å². The number of non-ortho nitro benzene ring substituents is 1. The van der Waals surface area contributed by atoms with Gasteiger partial charge in [-0.15, -0.1) is 0 Å². The Hall–Kier alpha value is -2.18. The van der Waals surface area contributed by atoms with Crippen molar-refractivity contribution in [2.45, 2.75) is 6.42 Å². The molecule has 0 radical (unpaired) electrons. The standard InChI is InChI=1S/C14H9Cl2N3O3/c15-11-5-9(7-17-13(11)16)14(20)18-4-3-8-1-2-10(19(21)22)6-12(8)18/h1-2,5-7H,3-4H2. The molecule has 22 heavy (non-hydrogen) atoms. The van der Waals surface area contributed by atoms with Gasteiger partial charge in [0.05, 0.1) is 21.2 Å². The normalized spacial score (nSPS) is 13.1. The molecule has 6 nitrogen and oxygen atoms in total. The number of carbonyl (C=O) groups is 1. The van der Waals surface area contributed by atoms with Crippen LogP contribution in [0.2, 0.25) is 10.2 Å². The fraction of sp³-hybridized carbons (Fsp3) is 0.143. The van der Waals surface area contributed by atoms with E-state index >= 15 is 0 Å². The average Bonchev–Trinajstić information content (AvgIpc) is 2.92. The van der Waals surface area contributed by atoms with Crippen LogP contribution in [0.25, 0.3) is 0 Å². The highest BCUT2D eigenvalue weighted by Gasteiger charge is 2.28. The molecule has 8 heteroatoms. The van der Waals surface area contributed by atoms with E-state index in [2.05, 4.69) is 4.98 Å². The number of benzene rings is 1. The predicted molar refractivity (Wildman–Crippen MR) is 82.7 cm³/mol. The number of anilines is 1. The van der Waals surface area contributed by atoms with Crippen LogP contribution in [0, 0.1) is 10.1 Å². The van der Waals surface area contributed by atoms with Gasteiger partial charge >= 0.3 is 0 Å². The molecule has 0 saturated heterocycles. The van der Waals surface area contributed by atoms with Crippen LogP contribution in [-0.2, 0) is 6.42 Å². The van der Waals surface area contributed by atoms with Gasteiger partial charge in [0.1, 0.15) is 5.15 Å². The molecule has 0 saturated carbocycles. The molecule has 112 valence electrons. The quantitative estimate of drug-likeness (QED) is 0.477. The number of nitro benzene ring substituents is 1. The van der Waals surface area contributed by atoms with Crippen LogP contribution in [0.15, 0.2) is 30.5 Å². The smallest absolute Gasteiger partial charge is 0.271 e. The van der Waals surface area contributed by atoms with Gasteiger partial charge in [-0.05, 0) is 18.1 Å². The fourth-order valence-corrected chi connectivity index (χ4v) is 2.66. The van der Waals surface area contributed by atoms with Gasteiger partial charge in [0, 0.05) is 24.9 Å². The van der Waals surface area contributed by atoms with Crippen molar-refractivity contribution in [2.24, 2.45) is 0 Å². The number of fused-ring (bicyclic) bond motifs is 1. The zero-order valence-electron chi connectivity index (χ0n) is 11.1. The predicted octanol–water partition coefficient (Wildman–Crippen LogP) is 3.50. The molecule has 0 atom stereocenters. The first-order valence-corrected chi connectivity index (χ1v) is 7.13. The molecule has 2 aromatic rings. The molecule has 1 aromatic heterocycles. The van der Waals surface area contributed by atoms with E-state index in [1.165, 1.54) is 29.3 Å². The number of nitro groups is 1. The minimum atomic E-state index is -0.484. The van der Waals surface area contributed by atoms with E-state index in [1.807, 2.05) is 0 Å². The van der Waals surface area contributed by atoms with Crippen LogP contribution in [0.1, 0.15) is 15.9 Å². The maximum Gasteiger partial charge on any atom is 0.271 e. The summed E-state index contributed by atoms with van der Waals surface area (Å²) in [5.41, 5.74) is 1.68. The van der Waals surface area contributed by atoms with Gasteiger partial charge in [0.25, 0.3) is 11.6 Å². The van der Waals surface area contributed by atoms with E-state index in [4.69, 9.17) is 23.2 Å². The molecule has 0 fully saturated rings. The van der Waals surface area contributed by atoms with Crippen molar-refractivity contribution in [3.05, 3.63) is 61.9 Å². The lowest BCUT2D eigenvalue weighted by Gasteiger charge is -2.17. The van der Waals surface area contributed by atoms with Crippen LogP contribution in [0.5, 0.6) is 0 Å². The highest BCUT2D eigenvalue weighted by molar-refractivity contribution is 6.41. The van der Waals surface area contributed by atoms with Crippen molar-refractivity contribution in [1.29, 1.82) is 0 Å². The second-order valence-electron chi connectivity index (χ2n) is 4.77. The van der Waals surface area contributed by atoms with Crippen LogP contribution < -0.4 is 4.90 Å². The topological polar surface area (TPSA) is 76.3 Å². The summed E-state index contributed by atoms with van der Waals surface area (Å²) < 4.78 is 0. The van der Waals surface area contributed by atoms with E-state index < -0.39 is 4.92 Å². The molecule has 1 amide bonds. The fourth-order valence-electron chi connectivity index (χ4n) is 2.39. The molecule has 1 aliphatic heterocycles. The summed E-state index contributed by atoms with van der Waals surface area (Å²) in [6, 6.07) is 5.96. The van der Waals surface area contributed by atoms with Crippen LogP contribution in [0.3, 0.4) is 0 Å². The first-order chi connectivity index (χ1) is 10.5. The molecular weight excluding hydrogens is 329 g/mol. The largest absolute Gasteiger partial charge is 0.307 e. The minimum absolute atomic E-state index is 0.0503. The molecular formula is C14H9Cl2N3O3. The lowest BCUT2D eigenvalue weighted by molar-refractivity contribution is -0.384. The van der Waals surface area contributed by atoms with Crippen molar-refractivity contribution < 1.29 is 9.72 Å². The van der Waals surface area contributed by atoms with Crippen molar-refractivity contribution >= 4 is 40.5 Å². The van der Waals surface area contributed by atoms with E-state index in [-0.39, 0.29) is 27.3 Å². The Balaban J connectivity index is 1.98. The molecule has 0 bridgehead atoms. The second kappa shape index (κ2) is 5.55. The molecule has 0 unspecified atom stereocenters. The number of hydrogen-bond donors (Lipinski definition) is 0. The molecule has 0 N–H and O–H groups in total. The molecule has 1 aliphatic rings. The zero-order chi connectivity index (χ0) is 15.9. The summed E-state index contributed by atoms with van der Waals surface area (Å²) in [4.78, 5) is 28.3. The Morgan fingerprint density at radius 2 is 2.09 bits per heavy atom. The van der Waals surface area contributed by atoms with Crippen molar-refractivity contribution in [3.8, 4) is 0 Å². The van der Waals surface area contributed by atoms with Crippen molar-refractivity contribution in [1.82, 2.24) is 4.98 Å². The van der Waals surface area contributed by atoms with E-state index in [1.54, 1.807) is 6.07 Å². The van der Waals surface area contributed by atoms with Crippen LogP contribution in [-0.4, -0.2) is 22.4 Å². The van der Waals surface area contributed by atoms with E-state index in [9.17, 15) is 14.9 Å². The molecule has 1 aromatic carbocycles. The maximum absolute atomic E-state index is 12.6. The lowest BCUT2D eigenvalue weighted by Crippen LogP contribution is -2.29. The maximum atomic E-state index is 12.6. The van der Waals surface area contributed by atoms with Gasteiger partial charge in [0.15, 0.2) is 0 Å². The van der Waals surface area contributed by atoms with Crippen LogP contribution >= 0.6 is 23.2 Å². The van der Waals surface area contributed by atoms with Crippen molar-refractivity contribution in [3.63, 3.8) is 0 Å². The zero-order valence-corrected chi connectivity index (χ0v) is 12.6. The number of nitrogens with zero attached hydrogens (tertiary/aromatic N) is 3. The first-order valence-electron chi connectivity index (χ1n) is 6.37. The summed E-state index contributed by atoms with van der Waals surface area (Å²) in [5.74, 6) is -0.315. The van der Waals surface area contributed by atoms with Gasteiger partial charge in [-0.1, -0.05) is 29.3 Å². The Bertz CT molecular complexity index is 795. The number of halogens is 2. The van der Waals surface area contributed by atoms with Gasteiger partial charge in [-0.2, -0.15) is 0 Å². The molecule has 3 rings (SSSR count). The average molecular weight is 338 g/mol. The van der Waals surface area contributed by atoms with E-state index in [0.29, 0.717) is 18.7 Å². The second-order valence-corrected chi connectivity index (χ2v) is 5.54. The first kappa shape index (κ1) is 14.7. The number of hydrogen-bond acceptors (Lipinski definition) is 4. The Kier molecular flexibility index (Phi) is 3.72. The summed E-state index contributed by atoms with van der Waals surface area (Å²) in [6.07, 6.45) is 1.99. The minimum Gasteiger partial charge on any atom is -0.307 e. The Morgan fingerprint density at radius 3 is 2.77 bits per heavy atom. The summed E-state index contributed by atoms with van der Waals surface area (Å²) in [5, 5.41) is 11.2. The number of pyridine rings is 1. The third kappa shape index (κ3) is 2.51. The van der Waals surface area contributed by atoms with Gasteiger partial charge in [-0.25, -0.2) is 4.98 Å². The highest BCUT2D eigenvalue weighted by atomic mass is 35.5. The number of amides is 1. The van der Waals surface area contributed by atoms with Gasteiger partial charge < -0.3 is 4.90 Å². The lowest BCUT2D eigenvalue weighted by atomic mass is 10.1. The van der Waals surface area contributed by atoms with Gasteiger partial charge in [-0.3, -0.25) is 14.9 Å². The Morgan fingerprint density at radius 1 is 1.32 bits per heavy atom. The highest BCUT2D eigenvalue weighted by Crippen LogP contribution is 2.33. The molecule has 2 heterocycles. The van der Waals surface area contributed by atoms with Crippen LogP contribution in [0.4, 0.5) is 11.4 Å². The van der Waals surface area contributed by atoms with E-state index in [0.717, 1.165) is 5.56 Å². The Labute approximate surface area is 135 Å². The van der Waals surface area contributed by atoms with Gasteiger partial charge in [0.2, 0.25) is 0 Å². The number of rotatable bonds is 2. The SMILES string of the molecule is O=C(c1cnc(Cl)c(Cl)c1)N1CCc2ccc([N+](=O)[O-])cc21. The summed E-state index contributed by atoms with van der Waals surface area (Å²) in [6.45, 7) is 0.454. The number of aromatic nitrogens is 1. The summed E-state index contributed by atoms with van der Waals surface area (Å²) in [7, 11) is 0. The summed E-state index contributed by atoms with van der Waals surface area (Å²) >= 11 is 11.6. The third-order valence-electron chi connectivity index (χ3n) is 3.46. The third-order valence-corrected chi connectivity index (χ3v) is 4.15. The number of carbonyl (C=O) groups excluding carboxylic acids is 1. The molecule has 0 spiro atoms. The molecule has 0 aliphatic carbocycles.